The van der Waals surface area contributed by atoms with E-state index in [0.29, 0.717) is 0 Å². The Balaban J connectivity index is 2.57. The standard InChI is InChI=1S/C7H12N2O/c1-7(2,3)4-6-5-10-9-8-6/h5H,4H2,1-3H3. The molecule has 10 heavy (non-hydrogen) atoms. The van der Waals surface area contributed by atoms with Crippen LogP contribution < -0.4 is 0 Å². The van der Waals surface area contributed by atoms with E-state index in [-0.39, 0.29) is 5.41 Å². The van der Waals surface area contributed by atoms with Crippen molar-refractivity contribution < 1.29 is 4.52 Å². The molecule has 0 bridgehead atoms. The first kappa shape index (κ1) is 7.25. The molecule has 3 heteroatoms. The van der Waals surface area contributed by atoms with Gasteiger partial charge in [-0.2, -0.15) is 0 Å². The lowest BCUT2D eigenvalue weighted by Gasteiger charge is -2.14. The first-order valence-corrected chi connectivity index (χ1v) is 3.34. The molecule has 0 unspecified atom stereocenters. The van der Waals surface area contributed by atoms with Crippen LogP contribution in [0.15, 0.2) is 10.8 Å². The number of hydrogen-bond acceptors (Lipinski definition) is 3. The van der Waals surface area contributed by atoms with Crippen LogP contribution in [-0.2, 0) is 6.42 Å². The molecule has 56 valence electrons. The topological polar surface area (TPSA) is 38.9 Å². The van der Waals surface area contributed by atoms with E-state index in [0.717, 1.165) is 12.1 Å². The highest BCUT2D eigenvalue weighted by Crippen LogP contribution is 2.18. The molecule has 0 aliphatic carbocycles. The normalized spacial score (nSPS) is 11.9. The number of aromatic nitrogens is 2. The average molecular weight is 140 g/mol. The highest BCUT2D eigenvalue weighted by molar-refractivity contribution is 4.91. The van der Waals surface area contributed by atoms with E-state index in [1.165, 1.54) is 0 Å². The van der Waals surface area contributed by atoms with Gasteiger partial charge in [0.2, 0.25) is 0 Å². The molecule has 0 fully saturated rings. The second-order valence-corrected chi connectivity index (χ2v) is 3.63. The summed E-state index contributed by atoms with van der Waals surface area (Å²) < 4.78 is 4.60. The molecular weight excluding hydrogens is 128 g/mol. The predicted molar refractivity (Wildman–Crippen MR) is 37.5 cm³/mol. The molecule has 0 spiro atoms. The van der Waals surface area contributed by atoms with Crippen LogP contribution in [0.3, 0.4) is 0 Å². The fourth-order valence-corrected chi connectivity index (χ4v) is 0.804. The van der Waals surface area contributed by atoms with Gasteiger partial charge in [0.1, 0.15) is 12.0 Å². The summed E-state index contributed by atoms with van der Waals surface area (Å²) >= 11 is 0. The minimum atomic E-state index is 0.262. The molecule has 0 aliphatic rings. The monoisotopic (exact) mass is 140 g/mol. The van der Waals surface area contributed by atoms with Crippen molar-refractivity contribution in [2.75, 3.05) is 0 Å². The summed E-state index contributed by atoms with van der Waals surface area (Å²) in [6, 6.07) is 0. The zero-order chi connectivity index (χ0) is 7.61. The fourth-order valence-electron chi connectivity index (χ4n) is 0.804. The minimum absolute atomic E-state index is 0.262. The SMILES string of the molecule is CC(C)(C)Cc1conn1. The summed E-state index contributed by atoms with van der Waals surface area (Å²) in [5.41, 5.74) is 1.19. The Morgan fingerprint density at radius 1 is 1.50 bits per heavy atom. The third-order valence-corrected chi connectivity index (χ3v) is 1.12. The molecule has 0 amide bonds. The van der Waals surface area contributed by atoms with Crippen LogP contribution >= 0.6 is 0 Å². The maximum Gasteiger partial charge on any atom is 0.147 e. The number of hydrogen-bond donors (Lipinski definition) is 0. The van der Waals surface area contributed by atoms with Gasteiger partial charge < -0.3 is 4.52 Å². The molecule has 0 saturated carbocycles. The Bertz CT molecular complexity index is 186. The van der Waals surface area contributed by atoms with E-state index in [1.807, 2.05) is 0 Å². The first-order chi connectivity index (χ1) is 4.58. The summed E-state index contributed by atoms with van der Waals surface area (Å²) in [6.45, 7) is 6.46. The van der Waals surface area contributed by atoms with Gasteiger partial charge in [-0.25, -0.2) is 0 Å². The Morgan fingerprint density at radius 3 is 2.60 bits per heavy atom. The van der Waals surface area contributed by atoms with Crippen LogP contribution in [0.2, 0.25) is 0 Å². The number of rotatable bonds is 1. The van der Waals surface area contributed by atoms with Crippen molar-refractivity contribution in [1.29, 1.82) is 0 Å². The highest BCUT2D eigenvalue weighted by Gasteiger charge is 2.12. The zero-order valence-corrected chi connectivity index (χ0v) is 6.59. The van der Waals surface area contributed by atoms with Crippen LogP contribution in [0.25, 0.3) is 0 Å². The Morgan fingerprint density at radius 2 is 2.20 bits per heavy atom. The maximum atomic E-state index is 4.60. The van der Waals surface area contributed by atoms with Gasteiger partial charge in [-0.05, 0) is 11.8 Å². The third kappa shape index (κ3) is 2.17. The Kier molecular flexibility index (Phi) is 1.74. The van der Waals surface area contributed by atoms with Gasteiger partial charge >= 0.3 is 0 Å². The second kappa shape index (κ2) is 2.40. The van der Waals surface area contributed by atoms with E-state index >= 15 is 0 Å². The van der Waals surface area contributed by atoms with Crippen LogP contribution in [0.5, 0.6) is 0 Å². The maximum absolute atomic E-state index is 4.60. The van der Waals surface area contributed by atoms with E-state index in [4.69, 9.17) is 0 Å². The second-order valence-electron chi connectivity index (χ2n) is 3.63. The first-order valence-electron chi connectivity index (χ1n) is 3.34. The van der Waals surface area contributed by atoms with Crippen molar-refractivity contribution in [2.45, 2.75) is 27.2 Å². The molecule has 0 aromatic carbocycles. The summed E-state index contributed by atoms with van der Waals surface area (Å²) in [5.74, 6) is 0. The van der Waals surface area contributed by atoms with E-state index < -0.39 is 0 Å². The van der Waals surface area contributed by atoms with Gasteiger partial charge in [-0.3, -0.25) is 0 Å². The van der Waals surface area contributed by atoms with Gasteiger partial charge in [0.15, 0.2) is 0 Å². The molecule has 1 aromatic rings. The van der Waals surface area contributed by atoms with Crippen LogP contribution in [-0.4, -0.2) is 10.4 Å². The van der Waals surface area contributed by atoms with Crippen molar-refractivity contribution in [1.82, 2.24) is 10.4 Å². The van der Waals surface area contributed by atoms with E-state index in [2.05, 4.69) is 35.7 Å². The fraction of sp³-hybridized carbons (Fsp3) is 0.714. The molecule has 0 radical (unpaired) electrons. The molecular formula is C7H12N2O. The largest absolute Gasteiger partial charge is 0.345 e. The Hall–Kier alpha value is -0.860. The molecule has 3 nitrogen and oxygen atoms in total. The van der Waals surface area contributed by atoms with Crippen LogP contribution in [0.1, 0.15) is 26.5 Å². The van der Waals surface area contributed by atoms with Gasteiger partial charge in [0, 0.05) is 5.27 Å². The van der Waals surface area contributed by atoms with Gasteiger partial charge in [-0.1, -0.05) is 20.8 Å². The molecule has 1 heterocycles. The van der Waals surface area contributed by atoms with Gasteiger partial charge in [-0.15, -0.1) is 5.10 Å². The third-order valence-electron chi connectivity index (χ3n) is 1.12. The molecule has 1 rings (SSSR count). The molecule has 1 aromatic heterocycles. The highest BCUT2D eigenvalue weighted by atomic mass is 16.5. The van der Waals surface area contributed by atoms with E-state index in [9.17, 15) is 0 Å². The minimum Gasteiger partial charge on any atom is -0.345 e. The van der Waals surface area contributed by atoms with Crippen molar-refractivity contribution in [3.05, 3.63) is 12.0 Å². The molecule has 0 atom stereocenters. The van der Waals surface area contributed by atoms with Gasteiger partial charge in [0.05, 0.1) is 0 Å². The summed E-state index contributed by atoms with van der Waals surface area (Å²) in [6.07, 6.45) is 2.50. The summed E-state index contributed by atoms with van der Waals surface area (Å²) in [5, 5.41) is 7.17. The zero-order valence-electron chi connectivity index (χ0n) is 6.59. The predicted octanol–water partition coefficient (Wildman–Crippen LogP) is 1.66. The van der Waals surface area contributed by atoms with E-state index in [1.54, 1.807) is 6.26 Å². The molecule has 0 N–H and O–H groups in total. The quantitative estimate of drug-likeness (QED) is 0.595. The van der Waals surface area contributed by atoms with Crippen molar-refractivity contribution in [2.24, 2.45) is 5.41 Å². The number of nitrogens with zero attached hydrogens (tertiary/aromatic N) is 2. The van der Waals surface area contributed by atoms with Crippen LogP contribution in [0, 0.1) is 5.41 Å². The average Bonchev–Trinajstić information content (AvgIpc) is 2.12. The van der Waals surface area contributed by atoms with Gasteiger partial charge in [0.25, 0.3) is 0 Å². The lowest BCUT2D eigenvalue weighted by atomic mass is 9.91. The molecule has 0 saturated heterocycles. The molecule has 0 aliphatic heterocycles. The van der Waals surface area contributed by atoms with Crippen LogP contribution in [0.4, 0.5) is 0 Å². The summed E-state index contributed by atoms with van der Waals surface area (Å²) in [4.78, 5) is 0. The summed E-state index contributed by atoms with van der Waals surface area (Å²) in [7, 11) is 0. The van der Waals surface area contributed by atoms with Crippen molar-refractivity contribution in [3.8, 4) is 0 Å². The van der Waals surface area contributed by atoms with Crippen molar-refractivity contribution >= 4 is 0 Å². The Labute approximate surface area is 60.4 Å². The smallest absolute Gasteiger partial charge is 0.147 e. The van der Waals surface area contributed by atoms with Crippen molar-refractivity contribution in [3.63, 3.8) is 0 Å². The lowest BCUT2D eigenvalue weighted by molar-refractivity contribution is 0.392. The lowest BCUT2D eigenvalue weighted by Crippen LogP contribution is -2.09.